The number of carbonyl (C=O) groups is 1. The highest BCUT2D eigenvalue weighted by Gasteiger charge is 2.49. The summed E-state index contributed by atoms with van der Waals surface area (Å²) in [5, 5.41) is 10.7. The number of pyridine rings is 1. The van der Waals surface area contributed by atoms with Crippen molar-refractivity contribution in [2.75, 3.05) is 13.7 Å². The molecule has 5 rings (SSSR count). The van der Waals surface area contributed by atoms with Gasteiger partial charge in [-0.3, -0.25) is 0 Å². The van der Waals surface area contributed by atoms with Crippen LogP contribution in [-0.2, 0) is 34.3 Å². The summed E-state index contributed by atoms with van der Waals surface area (Å²) in [7, 11) is -4.91. The molecule has 0 bridgehead atoms. The second-order valence-electron chi connectivity index (χ2n) is 9.97. The van der Waals surface area contributed by atoms with E-state index in [9.17, 15) is 35.9 Å². The Morgan fingerprint density at radius 2 is 1.71 bits per heavy atom. The lowest BCUT2D eigenvalue weighted by Gasteiger charge is -2.16. The van der Waals surface area contributed by atoms with Crippen molar-refractivity contribution in [3.63, 3.8) is 0 Å². The van der Waals surface area contributed by atoms with Crippen molar-refractivity contribution in [3.05, 3.63) is 101 Å². The van der Waals surface area contributed by atoms with Crippen molar-refractivity contribution in [3.8, 4) is 11.6 Å². The minimum absolute atomic E-state index is 0.00288. The highest BCUT2D eigenvalue weighted by Crippen LogP contribution is 2.40. The largest absolute Gasteiger partial charge is 0.534 e. The van der Waals surface area contributed by atoms with Gasteiger partial charge in [0.2, 0.25) is 5.88 Å². The number of halogens is 4. The highest BCUT2D eigenvalue weighted by molar-refractivity contribution is 7.88. The maximum absolute atomic E-state index is 14.6. The van der Waals surface area contributed by atoms with Crippen molar-refractivity contribution >= 4 is 38.0 Å². The lowest BCUT2D eigenvalue weighted by Crippen LogP contribution is -2.29. The third kappa shape index (κ3) is 6.56. The predicted molar refractivity (Wildman–Crippen MR) is 156 cm³/mol. The number of aromatic nitrogens is 2. The second kappa shape index (κ2) is 12.7. The first-order chi connectivity index (χ1) is 21.4. The average Bonchev–Trinajstić information content (AvgIpc) is 3.34. The average molecular weight is 647 g/mol. The molecule has 0 spiro atoms. The molecule has 0 aliphatic rings. The van der Waals surface area contributed by atoms with Gasteiger partial charge in [0, 0.05) is 29.4 Å². The maximum Gasteiger partial charge on any atom is 0.534 e. The third-order valence-electron chi connectivity index (χ3n) is 7.02. The molecule has 0 saturated heterocycles. The lowest BCUT2D eigenvalue weighted by atomic mass is 10.0. The lowest BCUT2D eigenvalue weighted by molar-refractivity contribution is -0.0501. The van der Waals surface area contributed by atoms with E-state index in [4.69, 9.17) is 9.47 Å². The van der Waals surface area contributed by atoms with Gasteiger partial charge < -0.3 is 18.8 Å². The molecule has 2 aromatic heterocycles. The minimum Gasteiger partial charge on any atom is -0.494 e. The molecule has 0 radical (unpaired) electrons. The van der Waals surface area contributed by atoms with Crippen LogP contribution in [0, 0.1) is 5.82 Å². The van der Waals surface area contributed by atoms with Crippen LogP contribution in [0.15, 0.2) is 72.8 Å². The molecule has 9 nitrogen and oxygen atoms in total. The number of rotatable bonds is 11. The first kappa shape index (κ1) is 31.7. The molecule has 2 heterocycles. The Labute approximate surface area is 254 Å². The Morgan fingerprint density at radius 3 is 2.38 bits per heavy atom. The monoisotopic (exact) mass is 646 g/mol. The summed E-state index contributed by atoms with van der Waals surface area (Å²) in [6, 6.07) is 19.4. The van der Waals surface area contributed by atoms with Crippen molar-refractivity contribution < 1.29 is 49.5 Å². The van der Waals surface area contributed by atoms with Gasteiger partial charge in [-0.05, 0) is 42.2 Å². The topological polar surface area (TPSA) is 117 Å². The van der Waals surface area contributed by atoms with Crippen LogP contribution in [0.1, 0.15) is 28.8 Å². The van der Waals surface area contributed by atoms with Crippen LogP contribution < -0.4 is 8.92 Å². The number of para-hydroxylation sites is 1. The number of hydrogen-bond acceptors (Lipinski definition) is 7. The van der Waals surface area contributed by atoms with Gasteiger partial charge in [-0.25, -0.2) is 18.7 Å². The Hall–Kier alpha value is -4.69. The van der Waals surface area contributed by atoms with Crippen molar-refractivity contribution in [1.82, 2.24) is 9.55 Å². The predicted octanol–water partition coefficient (Wildman–Crippen LogP) is 6.83. The Bertz CT molecular complexity index is 1980. The maximum atomic E-state index is 14.6. The summed E-state index contributed by atoms with van der Waals surface area (Å²) >= 11 is 0. The van der Waals surface area contributed by atoms with E-state index >= 15 is 0 Å². The van der Waals surface area contributed by atoms with Gasteiger partial charge in [0.1, 0.15) is 0 Å². The second-order valence-corrected chi connectivity index (χ2v) is 11.5. The van der Waals surface area contributed by atoms with Gasteiger partial charge in [0.05, 0.1) is 30.4 Å². The van der Waals surface area contributed by atoms with Crippen LogP contribution in [0.2, 0.25) is 0 Å². The molecule has 1 N–H and O–H groups in total. The summed E-state index contributed by atoms with van der Waals surface area (Å²) < 4.78 is 95.7. The van der Waals surface area contributed by atoms with E-state index in [0.29, 0.717) is 5.39 Å². The van der Waals surface area contributed by atoms with E-state index in [1.54, 1.807) is 18.2 Å². The Morgan fingerprint density at radius 1 is 1.00 bits per heavy atom. The number of benzene rings is 3. The standard InChI is InChI=1S/C31H26F4N2O7S/c1-42-26-14-13-20(16-23(26)32)17-24-28-27(21-10-5-6-12-25(21)37(28)30(38)39)22(29(36-24)44-45(40,41)31(33,34)35)11-7-15-43-18-19-8-3-2-4-9-19/h2-6,8-10,12-14,16H,7,11,15,17-18H2,1H3,(H,38,39). The number of carboxylic acid groups (broad SMARTS) is 1. The van der Waals surface area contributed by atoms with Gasteiger partial charge >= 0.3 is 21.7 Å². The third-order valence-corrected chi connectivity index (χ3v) is 7.97. The zero-order chi connectivity index (χ0) is 32.4. The summed E-state index contributed by atoms with van der Waals surface area (Å²) in [6.07, 6.45) is -1.59. The molecular weight excluding hydrogens is 620 g/mol. The molecule has 5 aromatic rings. The molecule has 0 aliphatic heterocycles. The van der Waals surface area contributed by atoms with Crippen molar-refractivity contribution in [2.45, 2.75) is 31.4 Å². The highest BCUT2D eigenvalue weighted by atomic mass is 32.2. The number of methoxy groups -OCH3 is 1. The Balaban J connectivity index is 1.67. The molecule has 236 valence electrons. The molecule has 0 atom stereocenters. The normalized spacial score (nSPS) is 12.1. The zero-order valence-corrected chi connectivity index (χ0v) is 24.5. The molecule has 0 saturated carbocycles. The van der Waals surface area contributed by atoms with Gasteiger partial charge in [-0.2, -0.15) is 21.6 Å². The fourth-order valence-corrected chi connectivity index (χ4v) is 5.51. The molecule has 0 unspecified atom stereocenters. The molecule has 0 aliphatic carbocycles. The molecule has 0 amide bonds. The number of hydrogen-bond donors (Lipinski definition) is 1. The number of fused-ring (bicyclic) bond motifs is 3. The van der Waals surface area contributed by atoms with Gasteiger partial charge in [0.25, 0.3) is 0 Å². The molecule has 3 aromatic carbocycles. The zero-order valence-electron chi connectivity index (χ0n) is 23.7. The van der Waals surface area contributed by atoms with E-state index in [0.717, 1.165) is 16.2 Å². The van der Waals surface area contributed by atoms with Crippen LogP contribution in [0.25, 0.3) is 21.8 Å². The van der Waals surface area contributed by atoms with Crippen LogP contribution in [0.4, 0.5) is 22.4 Å². The van der Waals surface area contributed by atoms with Gasteiger partial charge in [-0.1, -0.05) is 54.6 Å². The van der Waals surface area contributed by atoms with E-state index in [1.165, 1.54) is 25.3 Å². The molecule has 45 heavy (non-hydrogen) atoms. The van der Waals surface area contributed by atoms with Crippen molar-refractivity contribution in [1.29, 1.82) is 0 Å². The fourth-order valence-electron chi connectivity index (χ4n) is 5.07. The molecular formula is C31H26F4N2O7S. The Kier molecular flexibility index (Phi) is 8.98. The van der Waals surface area contributed by atoms with Crippen LogP contribution in [0.5, 0.6) is 11.6 Å². The fraction of sp³-hybridized carbons (Fsp3) is 0.226. The minimum atomic E-state index is -6.17. The van der Waals surface area contributed by atoms with Crippen molar-refractivity contribution in [2.24, 2.45) is 0 Å². The SMILES string of the molecule is COc1ccc(Cc2nc(OS(=O)(=O)C(F)(F)F)c(CCCOCc3ccccc3)c3c4ccccc4n(C(=O)O)c23)cc1F. The van der Waals surface area contributed by atoms with E-state index in [2.05, 4.69) is 9.17 Å². The quantitative estimate of drug-likeness (QED) is 0.0719. The summed E-state index contributed by atoms with van der Waals surface area (Å²) in [5.41, 5.74) is -4.64. The summed E-state index contributed by atoms with van der Waals surface area (Å²) in [5.74, 6) is -1.67. The first-order valence-electron chi connectivity index (χ1n) is 13.5. The smallest absolute Gasteiger partial charge is 0.494 e. The molecule has 14 heteroatoms. The van der Waals surface area contributed by atoms with E-state index in [1.807, 2.05) is 30.3 Å². The van der Waals surface area contributed by atoms with Gasteiger partial charge in [-0.15, -0.1) is 0 Å². The van der Waals surface area contributed by atoms with Crippen LogP contribution in [-0.4, -0.2) is 48.4 Å². The van der Waals surface area contributed by atoms with Crippen LogP contribution in [0.3, 0.4) is 0 Å². The molecule has 0 fully saturated rings. The number of nitrogens with zero attached hydrogens (tertiary/aromatic N) is 2. The number of ether oxygens (including phenoxy) is 2. The summed E-state index contributed by atoms with van der Waals surface area (Å²) in [6.45, 7) is 0.391. The first-order valence-corrected chi connectivity index (χ1v) is 14.9. The van der Waals surface area contributed by atoms with Crippen LogP contribution >= 0.6 is 0 Å². The van der Waals surface area contributed by atoms with E-state index in [-0.39, 0.29) is 71.5 Å². The number of alkyl halides is 3. The van der Waals surface area contributed by atoms with E-state index < -0.39 is 33.4 Å². The number of aryl methyl sites for hydroxylation is 1. The van der Waals surface area contributed by atoms with Gasteiger partial charge in [0.15, 0.2) is 11.6 Å². The summed E-state index contributed by atoms with van der Waals surface area (Å²) in [4.78, 5) is 16.8.